The van der Waals surface area contributed by atoms with Gasteiger partial charge >= 0.3 is 12.0 Å². The van der Waals surface area contributed by atoms with E-state index in [1.807, 2.05) is 6.07 Å². The maximum Gasteiger partial charge on any atom is 0.340 e. The zero-order valence-corrected chi connectivity index (χ0v) is 15.6. The first kappa shape index (κ1) is 17.5. The SMILES string of the molecule is CCCCNC(=O)Nc1c(I)cc(I)cc1C(=O)OC. The summed E-state index contributed by atoms with van der Waals surface area (Å²) in [5.41, 5.74) is 0.835. The highest BCUT2D eigenvalue weighted by atomic mass is 127. The van der Waals surface area contributed by atoms with Crippen LogP contribution in [0.5, 0.6) is 0 Å². The molecule has 20 heavy (non-hydrogen) atoms. The van der Waals surface area contributed by atoms with Gasteiger partial charge in [0, 0.05) is 13.7 Å². The molecule has 0 atom stereocenters. The first-order valence-corrected chi connectivity index (χ1v) is 8.27. The molecular weight excluding hydrogens is 486 g/mol. The van der Waals surface area contributed by atoms with E-state index in [2.05, 4.69) is 62.7 Å². The molecule has 0 aliphatic rings. The molecule has 0 aliphatic carbocycles. The molecule has 7 heteroatoms. The van der Waals surface area contributed by atoms with Crippen molar-refractivity contribution in [3.8, 4) is 0 Å². The van der Waals surface area contributed by atoms with Crippen LogP contribution in [0, 0.1) is 7.14 Å². The molecule has 1 aromatic carbocycles. The molecule has 0 aliphatic heterocycles. The lowest BCUT2D eigenvalue weighted by molar-refractivity contribution is 0.0602. The van der Waals surface area contributed by atoms with E-state index >= 15 is 0 Å². The van der Waals surface area contributed by atoms with E-state index in [1.165, 1.54) is 7.11 Å². The molecule has 2 N–H and O–H groups in total. The zero-order valence-electron chi connectivity index (χ0n) is 11.3. The van der Waals surface area contributed by atoms with E-state index in [0.717, 1.165) is 20.0 Å². The molecule has 0 saturated carbocycles. The van der Waals surface area contributed by atoms with E-state index in [4.69, 9.17) is 4.74 Å². The second kappa shape index (κ2) is 8.65. The van der Waals surface area contributed by atoms with Crippen molar-refractivity contribution in [2.24, 2.45) is 0 Å². The van der Waals surface area contributed by atoms with E-state index in [-0.39, 0.29) is 6.03 Å². The molecule has 5 nitrogen and oxygen atoms in total. The van der Waals surface area contributed by atoms with Gasteiger partial charge in [0.25, 0.3) is 0 Å². The number of carbonyl (C=O) groups excluding carboxylic acids is 2. The first-order chi connectivity index (χ1) is 9.49. The van der Waals surface area contributed by atoms with Gasteiger partial charge in [0.15, 0.2) is 0 Å². The Labute approximate surface area is 145 Å². The minimum absolute atomic E-state index is 0.317. The number of hydrogen-bond acceptors (Lipinski definition) is 3. The molecule has 0 aromatic heterocycles. The highest BCUT2D eigenvalue weighted by molar-refractivity contribution is 14.1. The van der Waals surface area contributed by atoms with Crippen LogP contribution in [0.25, 0.3) is 0 Å². The van der Waals surface area contributed by atoms with Crippen molar-refractivity contribution in [1.82, 2.24) is 5.32 Å². The Balaban J connectivity index is 2.93. The monoisotopic (exact) mass is 502 g/mol. The normalized spacial score (nSPS) is 10.0. The summed E-state index contributed by atoms with van der Waals surface area (Å²) in [6.07, 6.45) is 1.93. The molecule has 110 valence electrons. The van der Waals surface area contributed by atoms with Crippen LogP contribution in [0.3, 0.4) is 0 Å². The molecule has 0 fully saturated rings. The van der Waals surface area contributed by atoms with Crippen molar-refractivity contribution < 1.29 is 14.3 Å². The Morgan fingerprint density at radius 2 is 2.00 bits per heavy atom. The zero-order chi connectivity index (χ0) is 15.1. The number of benzene rings is 1. The molecule has 1 aromatic rings. The number of unbranched alkanes of at least 4 members (excludes halogenated alkanes) is 1. The summed E-state index contributed by atoms with van der Waals surface area (Å²) in [5.74, 6) is -0.467. The number of ether oxygens (including phenoxy) is 1. The van der Waals surface area contributed by atoms with Gasteiger partial charge in [0.2, 0.25) is 0 Å². The fourth-order valence-corrected chi connectivity index (χ4v) is 3.49. The molecule has 2 amide bonds. The fraction of sp³-hybridized carbons (Fsp3) is 0.385. The van der Waals surface area contributed by atoms with Crippen molar-refractivity contribution in [2.75, 3.05) is 19.0 Å². The van der Waals surface area contributed by atoms with Crippen molar-refractivity contribution in [1.29, 1.82) is 0 Å². The van der Waals surface area contributed by atoms with Gasteiger partial charge in [-0.15, -0.1) is 0 Å². The Morgan fingerprint density at radius 3 is 2.60 bits per heavy atom. The van der Waals surface area contributed by atoms with Gasteiger partial charge in [0.1, 0.15) is 0 Å². The molecule has 1 rings (SSSR count). The van der Waals surface area contributed by atoms with Crippen LogP contribution >= 0.6 is 45.2 Å². The van der Waals surface area contributed by atoms with E-state index in [1.54, 1.807) is 6.07 Å². The number of anilines is 1. The van der Waals surface area contributed by atoms with Crippen LogP contribution in [-0.4, -0.2) is 25.7 Å². The second-order valence-electron chi connectivity index (χ2n) is 4.04. The van der Waals surface area contributed by atoms with Crippen LogP contribution in [0.4, 0.5) is 10.5 Å². The number of halogens is 2. The first-order valence-electron chi connectivity index (χ1n) is 6.11. The number of esters is 1. The third kappa shape index (κ3) is 5.08. The standard InChI is InChI=1S/C13H16I2N2O3/c1-3-4-5-16-13(19)17-11-9(12(18)20-2)6-8(14)7-10(11)15/h6-7H,3-5H2,1-2H3,(H2,16,17,19). The average Bonchev–Trinajstić information content (AvgIpc) is 2.41. The Hall–Kier alpha value is -0.580. The predicted octanol–water partition coefficient (Wildman–Crippen LogP) is 3.60. The Bertz CT molecular complexity index is 507. The summed E-state index contributed by atoms with van der Waals surface area (Å²) in [6, 6.07) is 3.26. The van der Waals surface area contributed by atoms with E-state index in [9.17, 15) is 9.59 Å². The largest absolute Gasteiger partial charge is 0.465 e. The number of amides is 2. The minimum Gasteiger partial charge on any atom is -0.465 e. The minimum atomic E-state index is -0.467. The topological polar surface area (TPSA) is 67.4 Å². The molecule has 0 unspecified atom stereocenters. The van der Waals surface area contributed by atoms with Crippen molar-refractivity contribution >= 4 is 62.9 Å². The predicted molar refractivity (Wildman–Crippen MR) is 95.1 cm³/mol. The lowest BCUT2D eigenvalue weighted by Gasteiger charge is -2.13. The van der Waals surface area contributed by atoms with E-state index < -0.39 is 5.97 Å². The van der Waals surface area contributed by atoms with Gasteiger partial charge in [-0.05, 0) is 63.7 Å². The maximum absolute atomic E-state index is 11.8. The third-order valence-corrected chi connectivity index (χ3v) is 3.99. The van der Waals surface area contributed by atoms with Crippen LogP contribution in [-0.2, 0) is 4.74 Å². The number of carbonyl (C=O) groups is 2. The molecule has 0 spiro atoms. The van der Waals surface area contributed by atoms with Gasteiger partial charge in [0.05, 0.1) is 18.4 Å². The fourth-order valence-electron chi connectivity index (χ4n) is 1.51. The number of methoxy groups -OCH3 is 1. The Morgan fingerprint density at radius 1 is 1.30 bits per heavy atom. The summed E-state index contributed by atoms with van der Waals surface area (Å²) < 4.78 is 6.45. The van der Waals surface area contributed by atoms with Gasteiger partial charge < -0.3 is 15.4 Å². The highest BCUT2D eigenvalue weighted by Crippen LogP contribution is 2.26. The van der Waals surface area contributed by atoms with Gasteiger partial charge in [-0.3, -0.25) is 0 Å². The summed E-state index contributed by atoms with van der Waals surface area (Å²) in [5, 5.41) is 5.47. The molecule has 0 saturated heterocycles. The number of nitrogens with one attached hydrogen (secondary N) is 2. The van der Waals surface area contributed by atoms with Gasteiger partial charge in [-0.1, -0.05) is 13.3 Å². The molecule has 0 bridgehead atoms. The average molecular weight is 502 g/mol. The van der Waals surface area contributed by atoms with Crippen molar-refractivity contribution in [2.45, 2.75) is 19.8 Å². The van der Waals surface area contributed by atoms with Gasteiger partial charge in [-0.2, -0.15) is 0 Å². The lowest BCUT2D eigenvalue weighted by atomic mass is 10.2. The molecular formula is C13H16I2N2O3. The number of hydrogen-bond donors (Lipinski definition) is 2. The second-order valence-corrected chi connectivity index (χ2v) is 6.44. The quantitative estimate of drug-likeness (QED) is 0.368. The Kier molecular flexibility index (Phi) is 7.56. The van der Waals surface area contributed by atoms with Crippen molar-refractivity contribution in [3.05, 3.63) is 24.8 Å². The van der Waals surface area contributed by atoms with E-state index in [0.29, 0.717) is 17.8 Å². The third-order valence-electron chi connectivity index (χ3n) is 2.51. The van der Waals surface area contributed by atoms with Crippen LogP contribution in [0.15, 0.2) is 12.1 Å². The lowest BCUT2D eigenvalue weighted by Crippen LogP contribution is -2.30. The molecule has 0 radical (unpaired) electrons. The van der Waals surface area contributed by atoms with Crippen LogP contribution < -0.4 is 10.6 Å². The number of rotatable bonds is 5. The van der Waals surface area contributed by atoms with Crippen molar-refractivity contribution in [3.63, 3.8) is 0 Å². The maximum atomic E-state index is 11.8. The van der Waals surface area contributed by atoms with Gasteiger partial charge in [-0.25, -0.2) is 9.59 Å². The summed E-state index contributed by atoms with van der Waals surface area (Å²) in [7, 11) is 1.32. The number of urea groups is 1. The highest BCUT2D eigenvalue weighted by Gasteiger charge is 2.17. The summed E-state index contributed by atoms with van der Waals surface area (Å²) in [6.45, 7) is 2.66. The summed E-state index contributed by atoms with van der Waals surface area (Å²) in [4.78, 5) is 23.6. The smallest absolute Gasteiger partial charge is 0.340 e. The molecule has 0 heterocycles. The van der Waals surface area contributed by atoms with Crippen LogP contribution in [0.1, 0.15) is 30.1 Å². The summed E-state index contributed by atoms with van der Waals surface area (Å²) >= 11 is 4.20. The van der Waals surface area contributed by atoms with Crippen LogP contribution in [0.2, 0.25) is 0 Å².